The average Bonchev–Trinajstić information content (AvgIpc) is 2.47. The molecule has 1 atom stereocenters. The second kappa shape index (κ2) is 8.93. The van der Waals surface area contributed by atoms with Gasteiger partial charge in [0.15, 0.2) is 0 Å². The summed E-state index contributed by atoms with van der Waals surface area (Å²) in [6.45, 7) is 11.7. The fraction of sp³-hybridized carbons (Fsp3) is 1.00. The Hall–Kier alpha value is -0.120. The molecule has 0 aliphatic carbocycles. The van der Waals surface area contributed by atoms with Gasteiger partial charge in [-0.15, -0.1) is 0 Å². The summed E-state index contributed by atoms with van der Waals surface area (Å²) in [7, 11) is 0. The standard InChI is InChI=1S/C16H34N2O/c1-4-10-17-13-16(5-2,6-3)14-18-11-8-7-9-15(18)12-19/h15,17,19H,4-14H2,1-3H3. The number of rotatable bonds is 9. The molecular weight excluding hydrogens is 236 g/mol. The number of nitrogens with zero attached hydrogens (tertiary/aromatic N) is 1. The van der Waals surface area contributed by atoms with Crippen LogP contribution in [0.15, 0.2) is 0 Å². The highest BCUT2D eigenvalue weighted by molar-refractivity contribution is 4.87. The minimum atomic E-state index is 0.325. The Morgan fingerprint density at radius 3 is 2.53 bits per heavy atom. The summed E-state index contributed by atoms with van der Waals surface area (Å²) >= 11 is 0. The minimum absolute atomic E-state index is 0.325. The Kier molecular flexibility index (Phi) is 7.96. The van der Waals surface area contributed by atoms with Gasteiger partial charge in [0, 0.05) is 19.1 Å². The van der Waals surface area contributed by atoms with Crippen molar-refractivity contribution in [3.05, 3.63) is 0 Å². The van der Waals surface area contributed by atoms with Crippen LogP contribution in [0.2, 0.25) is 0 Å². The van der Waals surface area contributed by atoms with Crippen LogP contribution in [0.25, 0.3) is 0 Å². The molecule has 114 valence electrons. The number of hydrogen-bond acceptors (Lipinski definition) is 3. The molecule has 1 heterocycles. The fourth-order valence-electron chi connectivity index (χ4n) is 3.22. The van der Waals surface area contributed by atoms with Crippen molar-refractivity contribution in [2.45, 2.75) is 65.3 Å². The molecule has 0 bridgehead atoms. The van der Waals surface area contributed by atoms with Crippen molar-refractivity contribution < 1.29 is 5.11 Å². The lowest BCUT2D eigenvalue weighted by Crippen LogP contribution is -2.50. The summed E-state index contributed by atoms with van der Waals surface area (Å²) in [5, 5.41) is 13.2. The summed E-state index contributed by atoms with van der Waals surface area (Å²) in [6.07, 6.45) is 7.38. The normalized spacial score (nSPS) is 21.8. The van der Waals surface area contributed by atoms with E-state index in [-0.39, 0.29) is 0 Å². The third kappa shape index (κ3) is 5.05. The Labute approximate surface area is 119 Å². The largest absolute Gasteiger partial charge is 0.395 e. The summed E-state index contributed by atoms with van der Waals surface area (Å²) in [6, 6.07) is 0.400. The lowest BCUT2D eigenvalue weighted by Gasteiger charge is -2.42. The molecule has 0 saturated carbocycles. The summed E-state index contributed by atoms with van der Waals surface area (Å²) in [4.78, 5) is 2.55. The molecule has 0 spiro atoms. The number of aliphatic hydroxyl groups excluding tert-OH is 1. The number of piperidine rings is 1. The smallest absolute Gasteiger partial charge is 0.0586 e. The van der Waals surface area contributed by atoms with E-state index in [0.717, 1.165) is 19.6 Å². The molecule has 1 unspecified atom stereocenters. The molecule has 0 aromatic carbocycles. The SMILES string of the molecule is CCCNCC(CC)(CC)CN1CCCCC1CO. The number of likely N-dealkylation sites (tertiary alicyclic amines) is 1. The predicted molar refractivity (Wildman–Crippen MR) is 82.5 cm³/mol. The molecule has 3 heteroatoms. The van der Waals surface area contributed by atoms with Crippen LogP contribution in [0.4, 0.5) is 0 Å². The van der Waals surface area contributed by atoms with Crippen LogP contribution in [0.5, 0.6) is 0 Å². The van der Waals surface area contributed by atoms with E-state index in [1.54, 1.807) is 0 Å². The zero-order valence-corrected chi connectivity index (χ0v) is 13.2. The molecule has 0 radical (unpaired) electrons. The van der Waals surface area contributed by atoms with Crippen LogP contribution in [-0.4, -0.2) is 48.8 Å². The van der Waals surface area contributed by atoms with Gasteiger partial charge in [-0.25, -0.2) is 0 Å². The van der Waals surface area contributed by atoms with Crippen molar-refractivity contribution in [2.75, 3.05) is 32.8 Å². The van der Waals surface area contributed by atoms with Gasteiger partial charge in [-0.2, -0.15) is 0 Å². The van der Waals surface area contributed by atoms with E-state index < -0.39 is 0 Å². The Morgan fingerprint density at radius 1 is 1.21 bits per heavy atom. The van der Waals surface area contributed by atoms with Gasteiger partial charge in [0.1, 0.15) is 0 Å². The van der Waals surface area contributed by atoms with Gasteiger partial charge >= 0.3 is 0 Å². The minimum Gasteiger partial charge on any atom is -0.395 e. The van der Waals surface area contributed by atoms with Crippen LogP contribution in [-0.2, 0) is 0 Å². The maximum absolute atomic E-state index is 9.56. The van der Waals surface area contributed by atoms with E-state index in [1.165, 1.54) is 45.1 Å². The van der Waals surface area contributed by atoms with Crippen LogP contribution in [0.3, 0.4) is 0 Å². The Morgan fingerprint density at radius 2 is 1.95 bits per heavy atom. The third-order valence-electron chi connectivity index (χ3n) is 4.93. The first-order chi connectivity index (χ1) is 9.21. The van der Waals surface area contributed by atoms with Crippen LogP contribution in [0.1, 0.15) is 59.3 Å². The van der Waals surface area contributed by atoms with E-state index in [0.29, 0.717) is 18.1 Å². The van der Waals surface area contributed by atoms with Gasteiger partial charge in [-0.3, -0.25) is 4.90 Å². The molecule has 1 aliphatic heterocycles. The van der Waals surface area contributed by atoms with Crippen molar-refractivity contribution in [3.63, 3.8) is 0 Å². The average molecular weight is 270 g/mol. The van der Waals surface area contributed by atoms with E-state index >= 15 is 0 Å². The quantitative estimate of drug-likeness (QED) is 0.632. The van der Waals surface area contributed by atoms with E-state index in [1.807, 2.05) is 0 Å². The van der Waals surface area contributed by atoms with Crippen molar-refractivity contribution >= 4 is 0 Å². The maximum atomic E-state index is 9.56. The van der Waals surface area contributed by atoms with Crippen LogP contribution < -0.4 is 5.32 Å². The molecule has 19 heavy (non-hydrogen) atoms. The van der Waals surface area contributed by atoms with Gasteiger partial charge in [0.25, 0.3) is 0 Å². The Balaban J connectivity index is 2.59. The predicted octanol–water partition coefficient (Wildman–Crippen LogP) is 2.64. The molecule has 0 aromatic heterocycles. The second-order valence-corrected chi connectivity index (χ2v) is 6.19. The van der Waals surface area contributed by atoms with Gasteiger partial charge < -0.3 is 10.4 Å². The molecule has 0 aromatic rings. The monoisotopic (exact) mass is 270 g/mol. The van der Waals surface area contributed by atoms with Crippen molar-refractivity contribution in [2.24, 2.45) is 5.41 Å². The molecule has 2 N–H and O–H groups in total. The Bertz CT molecular complexity index is 229. The highest BCUT2D eigenvalue weighted by Crippen LogP contribution is 2.30. The first kappa shape index (κ1) is 16.9. The molecule has 0 amide bonds. The molecule has 1 rings (SSSR count). The number of aliphatic hydroxyl groups is 1. The maximum Gasteiger partial charge on any atom is 0.0586 e. The lowest BCUT2D eigenvalue weighted by molar-refractivity contribution is 0.0432. The van der Waals surface area contributed by atoms with Gasteiger partial charge in [0.2, 0.25) is 0 Å². The molecule has 1 aliphatic rings. The highest BCUT2D eigenvalue weighted by Gasteiger charge is 2.32. The van der Waals surface area contributed by atoms with E-state index in [2.05, 4.69) is 31.0 Å². The van der Waals surface area contributed by atoms with Crippen LogP contribution in [0, 0.1) is 5.41 Å². The molecule has 1 saturated heterocycles. The zero-order valence-electron chi connectivity index (χ0n) is 13.2. The van der Waals surface area contributed by atoms with Gasteiger partial charge in [-0.05, 0) is 50.6 Å². The first-order valence-electron chi connectivity index (χ1n) is 8.27. The summed E-state index contributed by atoms with van der Waals surface area (Å²) in [5.41, 5.74) is 0.375. The van der Waals surface area contributed by atoms with Crippen molar-refractivity contribution in [1.29, 1.82) is 0 Å². The van der Waals surface area contributed by atoms with Gasteiger partial charge in [0.05, 0.1) is 6.61 Å². The molecule has 1 fully saturated rings. The lowest BCUT2D eigenvalue weighted by atomic mass is 9.80. The van der Waals surface area contributed by atoms with Crippen molar-refractivity contribution in [3.8, 4) is 0 Å². The van der Waals surface area contributed by atoms with Crippen molar-refractivity contribution in [1.82, 2.24) is 10.2 Å². The third-order valence-corrected chi connectivity index (χ3v) is 4.93. The number of hydrogen-bond donors (Lipinski definition) is 2. The second-order valence-electron chi connectivity index (χ2n) is 6.19. The fourth-order valence-corrected chi connectivity index (χ4v) is 3.22. The van der Waals surface area contributed by atoms with E-state index in [9.17, 15) is 5.11 Å². The van der Waals surface area contributed by atoms with E-state index in [4.69, 9.17) is 0 Å². The van der Waals surface area contributed by atoms with Gasteiger partial charge in [-0.1, -0.05) is 27.2 Å². The van der Waals surface area contributed by atoms with Crippen LogP contribution >= 0.6 is 0 Å². The summed E-state index contributed by atoms with van der Waals surface area (Å²) in [5.74, 6) is 0. The summed E-state index contributed by atoms with van der Waals surface area (Å²) < 4.78 is 0. The highest BCUT2D eigenvalue weighted by atomic mass is 16.3. The topological polar surface area (TPSA) is 35.5 Å². The first-order valence-corrected chi connectivity index (χ1v) is 8.27. The molecule has 3 nitrogen and oxygen atoms in total. The molecular formula is C16H34N2O. The zero-order chi connectivity index (χ0) is 14.1. The number of nitrogens with one attached hydrogen (secondary N) is 1.